The summed E-state index contributed by atoms with van der Waals surface area (Å²) < 4.78 is 28.8. The fourth-order valence-corrected chi connectivity index (χ4v) is 4.07. The second-order valence-corrected chi connectivity index (χ2v) is 8.06. The molecule has 4 nitrogen and oxygen atoms in total. The van der Waals surface area contributed by atoms with Crippen LogP contribution in [0.2, 0.25) is 0 Å². The van der Waals surface area contributed by atoms with E-state index >= 15 is 0 Å². The van der Waals surface area contributed by atoms with Gasteiger partial charge in [0.15, 0.2) is 5.03 Å². The molecule has 0 saturated heterocycles. The van der Waals surface area contributed by atoms with Crippen LogP contribution in [0.4, 0.5) is 0 Å². The Morgan fingerprint density at radius 2 is 1.85 bits per heavy atom. The van der Waals surface area contributed by atoms with Crippen LogP contribution < -0.4 is 4.72 Å². The van der Waals surface area contributed by atoms with Crippen LogP contribution >= 0.6 is 22.6 Å². The van der Waals surface area contributed by atoms with Gasteiger partial charge >= 0.3 is 0 Å². The van der Waals surface area contributed by atoms with Crippen LogP contribution in [-0.2, 0) is 10.0 Å². The fourth-order valence-electron chi connectivity index (χ4n) is 1.83. The minimum atomic E-state index is -3.64. The highest BCUT2D eigenvalue weighted by molar-refractivity contribution is 14.1. The maximum atomic E-state index is 12.6. The molecule has 0 spiro atoms. The van der Waals surface area contributed by atoms with Gasteiger partial charge in [-0.2, -0.15) is 0 Å². The molecule has 1 N–H and O–H groups in total. The quantitative estimate of drug-likeness (QED) is 0.796. The molecule has 1 aromatic heterocycles. The second kappa shape index (κ2) is 5.57. The van der Waals surface area contributed by atoms with Crippen molar-refractivity contribution >= 4 is 43.4 Å². The number of nitrogens with zero attached hydrogens (tertiary/aromatic N) is 1. The van der Waals surface area contributed by atoms with E-state index in [0.717, 1.165) is 8.96 Å². The Bertz CT molecular complexity index is 742. The number of nitrogens with one attached hydrogen (secondary N) is 1. The van der Waals surface area contributed by atoms with Crippen molar-refractivity contribution < 1.29 is 8.42 Å². The molecule has 0 atom stereocenters. The number of sulfonamides is 1. The van der Waals surface area contributed by atoms with Crippen LogP contribution in [0.1, 0.15) is 27.2 Å². The molecule has 1 heterocycles. The molecular weight excluding hydrogens is 387 g/mol. The predicted molar refractivity (Wildman–Crippen MR) is 89.2 cm³/mol. The average molecular weight is 404 g/mol. The van der Waals surface area contributed by atoms with E-state index in [1.165, 1.54) is 0 Å². The molecule has 0 saturated carbocycles. The number of fused-ring (bicyclic) bond motifs is 1. The van der Waals surface area contributed by atoms with Crippen LogP contribution in [0.5, 0.6) is 0 Å². The van der Waals surface area contributed by atoms with Gasteiger partial charge in [0.25, 0.3) is 10.0 Å². The van der Waals surface area contributed by atoms with E-state index < -0.39 is 15.6 Å². The lowest BCUT2D eigenvalue weighted by atomic mass is 10.0. The monoisotopic (exact) mass is 404 g/mol. The lowest BCUT2D eigenvalue weighted by Crippen LogP contribution is -2.43. The number of benzene rings is 1. The van der Waals surface area contributed by atoms with Crippen LogP contribution in [-0.4, -0.2) is 18.9 Å². The zero-order valence-corrected chi connectivity index (χ0v) is 14.6. The van der Waals surface area contributed by atoms with E-state index in [1.807, 2.05) is 39.0 Å². The average Bonchev–Trinajstić information content (AvgIpc) is 2.38. The smallest absolute Gasteiger partial charge is 0.242 e. The minimum absolute atomic E-state index is 0.0926. The topological polar surface area (TPSA) is 59.1 Å². The molecule has 0 fully saturated rings. The standard InChI is InChI=1S/C14H17IN2O2S/c1-4-14(2,3)17-20(18,19)13-11-8-6-5-7-10(11)12(15)9-16-13/h5-9,17H,4H2,1-3H3. The third-order valence-corrected chi connectivity index (χ3v) is 5.77. The summed E-state index contributed by atoms with van der Waals surface area (Å²) in [6, 6.07) is 7.41. The molecule has 0 radical (unpaired) electrons. The van der Waals surface area contributed by atoms with Crippen LogP contribution in [0, 0.1) is 3.57 Å². The van der Waals surface area contributed by atoms with Crippen LogP contribution in [0.25, 0.3) is 10.8 Å². The van der Waals surface area contributed by atoms with Crippen molar-refractivity contribution in [2.75, 3.05) is 0 Å². The Balaban J connectivity index is 2.61. The number of rotatable bonds is 4. The molecule has 108 valence electrons. The van der Waals surface area contributed by atoms with Crippen molar-refractivity contribution in [3.63, 3.8) is 0 Å². The largest absolute Gasteiger partial charge is 0.259 e. The van der Waals surface area contributed by atoms with Gasteiger partial charge in [0, 0.05) is 20.7 Å². The fraction of sp³-hybridized carbons (Fsp3) is 0.357. The zero-order chi connectivity index (χ0) is 15.0. The zero-order valence-electron chi connectivity index (χ0n) is 11.6. The molecule has 0 aliphatic heterocycles. The van der Waals surface area contributed by atoms with E-state index in [0.29, 0.717) is 11.8 Å². The van der Waals surface area contributed by atoms with E-state index in [-0.39, 0.29) is 5.03 Å². The van der Waals surface area contributed by atoms with Gasteiger partial charge in [0.05, 0.1) is 0 Å². The third-order valence-electron chi connectivity index (χ3n) is 3.26. The highest BCUT2D eigenvalue weighted by Gasteiger charge is 2.27. The van der Waals surface area contributed by atoms with E-state index in [4.69, 9.17) is 0 Å². The van der Waals surface area contributed by atoms with E-state index in [9.17, 15) is 8.42 Å². The first kappa shape index (κ1) is 15.7. The molecule has 1 aromatic carbocycles. The summed E-state index contributed by atoms with van der Waals surface area (Å²) in [6.45, 7) is 5.67. The summed E-state index contributed by atoms with van der Waals surface area (Å²) in [4.78, 5) is 4.14. The molecular formula is C14H17IN2O2S. The Morgan fingerprint density at radius 1 is 1.25 bits per heavy atom. The van der Waals surface area contributed by atoms with Gasteiger partial charge in [0.1, 0.15) is 0 Å². The number of halogens is 1. The van der Waals surface area contributed by atoms with Crippen molar-refractivity contribution in [3.8, 4) is 0 Å². The SMILES string of the molecule is CCC(C)(C)NS(=O)(=O)c1ncc(I)c2ccccc12. The number of hydrogen-bond acceptors (Lipinski definition) is 3. The molecule has 20 heavy (non-hydrogen) atoms. The van der Waals surface area contributed by atoms with Gasteiger partial charge in [-0.15, -0.1) is 0 Å². The maximum absolute atomic E-state index is 12.6. The lowest BCUT2D eigenvalue weighted by Gasteiger charge is -2.24. The van der Waals surface area contributed by atoms with Crippen molar-refractivity contribution in [1.29, 1.82) is 0 Å². The molecule has 0 unspecified atom stereocenters. The first-order valence-electron chi connectivity index (χ1n) is 6.34. The molecule has 0 aliphatic rings. The second-order valence-electron chi connectivity index (χ2n) is 5.30. The Morgan fingerprint density at radius 3 is 2.45 bits per heavy atom. The van der Waals surface area contributed by atoms with Gasteiger partial charge in [0.2, 0.25) is 0 Å². The molecule has 0 bridgehead atoms. The van der Waals surface area contributed by atoms with E-state index in [2.05, 4.69) is 32.3 Å². The number of hydrogen-bond donors (Lipinski definition) is 1. The van der Waals surface area contributed by atoms with Gasteiger partial charge in [-0.3, -0.25) is 0 Å². The first-order chi connectivity index (χ1) is 9.27. The molecule has 6 heteroatoms. The Labute approximate surface area is 133 Å². The summed E-state index contributed by atoms with van der Waals surface area (Å²) in [5, 5.41) is 1.65. The van der Waals surface area contributed by atoms with Gasteiger partial charge in [-0.05, 0) is 48.2 Å². The lowest BCUT2D eigenvalue weighted by molar-refractivity contribution is 0.439. The van der Waals surface area contributed by atoms with Gasteiger partial charge in [-0.25, -0.2) is 18.1 Å². The molecule has 2 rings (SSSR count). The summed E-state index contributed by atoms with van der Waals surface area (Å²) in [5.74, 6) is 0. The van der Waals surface area contributed by atoms with Crippen molar-refractivity contribution in [3.05, 3.63) is 34.0 Å². The predicted octanol–water partition coefficient (Wildman–Crippen LogP) is 3.31. The summed E-state index contributed by atoms with van der Waals surface area (Å²) >= 11 is 2.16. The third kappa shape index (κ3) is 3.12. The minimum Gasteiger partial charge on any atom is -0.242 e. The summed E-state index contributed by atoms with van der Waals surface area (Å²) in [6.07, 6.45) is 2.30. The normalized spacial score (nSPS) is 12.8. The van der Waals surface area contributed by atoms with Crippen molar-refractivity contribution in [1.82, 2.24) is 9.71 Å². The van der Waals surface area contributed by atoms with E-state index in [1.54, 1.807) is 12.3 Å². The van der Waals surface area contributed by atoms with Crippen molar-refractivity contribution in [2.24, 2.45) is 0 Å². The molecule has 0 amide bonds. The maximum Gasteiger partial charge on any atom is 0.259 e. The first-order valence-corrected chi connectivity index (χ1v) is 8.90. The van der Waals surface area contributed by atoms with Crippen LogP contribution in [0.3, 0.4) is 0 Å². The Kier molecular flexibility index (Phi) is 4.36. The van der Waals surface area contributed by atoms with Crippen molar-refractivity contribution in [2.45, 2.75) is 37.8 Å². The Hall–Kier alpha value is -0.730. The molecule has 2 aromatic rings. The van der Waals surface area contributed by atoms with Gasteiger partial charge < -0.3 is 0 Å². The van der Waals surface area contributed by atoms with Gasteiger partial charge in [-0.1, -0.05) is 31.2 Å². The summed E-state index contributed by atoms with van der Waals surface area (Å²) in [5.41, 5.74) is -0.495. The number of aromatic nitrogens is 1. The van der Waals surface area contributed by atoms with Crippen LogP contribution in [0.15, 0.2) is 35.5 Å². The highest BCUT2D eigenvalue weighted by Crippen LogP contribution is 2.26. The summed E-state index contributed by atoms with van der Waals surface area (Å²) in [7, 11) is -3.64. The number of pyridine rings is 1. The highest BCUT2D eigenvalue weighted by atomic mass is 127. The molecule has 0 aliphatic carbocycles.